The van der Waals surface area contributed by atoms with Crippen molar-refractivity contribution in [3.05, 3.63) is 47.2 Å². The molecule has 0 unspecified atom stereocenters. The second-order valence-electron chi connectivity index (χ2n) is 3.85. The van der Waals surface area contributed by atoms with Crippen LogP contribution in [0.3, 0.4) is 0 Å². The number of nitrogens with one attached hydrogen (secondary N) is 1. The molecule has 1 aliphatic rings. The number of halogens is 1. The molecule has 18 heavy (non-hydrogen) atoms. The number of pyridine rings is 1. The number of hydrogen-bond donors (Lipinski definition) is 1. The quantitative estimate of drug-likeness (QED) is 0.864. The van der Waals surface area contributed by atoms with Crippen molar-refractivity contribution < 1.29 is 9.47 Å². The Morgan fingerprint density at radius 2 is 2.17 bits per heavy atom. The maximum absolute atomic E-state index is 5.98. The minimum atomic E-state index is 0.278. The van der Waals surface area contributed by atoms with E-state index in [4.69, 9.17) is 21.1 Å². The Morgan fingerprint density at radius 1 is 1.22 bits per heavy atom. The van der Waals surface area contributed by atoms with Gasteiger partial charge in [0.2, 0.25) is 6.79 Å². The first-order valence-electron chi connectivity index (χ1n) is 5.56. The van der Waals surface area contributed by atoms with Crippen LogP contribution >= 0.6 is 11.6 Å². The standard InChI is InChI=1S/C13H11ClN2O2/c14-13-10(4-2-6-15-13)16-7-9-3-1-5-11-12(9)18-8-17-11/h1-6,16H,7-8H2. The van der Waals surface area contributed by atoms with Gasteiger partial charge in [0.05, 0.1) is 5.69 Å². The third kappa shape index (κ3) is 2.07. The molecule has 5 heteroatoms. The maximum Gasteiger partial charge on any atom is 0.231 e. The monoisotopic (exact) mass is 262 g/mol. The Morgan fingerprint density at radius 3 is 3.06 bits per heavy atom. The molecule has 92 valence electrons. The lowest BCUT2D eigenvalue weighted by Crippen LogP contribution is -2.02. The number of hydrogen-bond acceptors (Lipinski definition) is 4. The molecule has 1 aromatic heterocycles. The second kappa shape index (κ2) is 4.74. The van der Waals surface area contributed by atoms with E-state index in [0.717, 1.165) is 22.7 Å². The van der Waals surface area contributed by atoms with Crippen LogP contribution in [0.25, 0.3) is 0 Å². The first kappa shape index (κ1) is 11.2. The molecule has 0 bridgehead atoms. The number of nitrogens with zero attached hydrogens (tertiary/aromatic N) is 1. The molecule has 0 aliphatic carbocycles. The molecule has 0 saturated heterocycles. The summed E-state index contributed by atoms with van der Waals surface area (Å²) >= 11 is 5.98. The van der Waals surface area contributed by atoms with E-state index in [1.165, 1.54) is 0 Å². The Hall–Kier alpha value is -1.94. The molecule has 2 heterocycles. The van der Waals surface area contributed by atoms with Gasteiger partial charge in [-0.1, -0.05) is 23.7 Å². The van der Waals surface area contributed by atoms with E-state index in [1.54, 1.807) is 6.20 Å². The van der Waals surface area contributed by atoms with Gasteiger partial charge in [-0.05, 0) is 18.2 Å². The van der Waals surface area contributed by atoms with Gasteiger partial charge in [-0.3, -0.25) is 0 Å². The highest BCUT2D eigenvalue weighted by Gasteiger charge is 2.16. The lowest BCUT2D eigenvalue weighted by molar-refractivity contribution is 0.173. The minimum Gasteiger partial charge on any atom is -0.454 e. The summed E-state index contributed by atoms with van der Waals surface area (Å²) in [6.45, 7) is 0.887. The maximum atomic E-state index is 5.98. The fraction of sp³-hybridized carbons (Fsp3) is 0.154. The predicted molar refractivity (Wildman–Crippen MR) is 69.1 cm³/mol. The van der Waals surface area contributed by atoms with Crippen LogP contribution in [-0.4, -0.2) is 11.8 Å². The number of anilines is 1. The van der Waals surface area contributed by atoms with Crippen LogP contribution in [0, 0.1) is 0 Å². The number of ether oxygens (including phenoxy) is 2. The number of para-hydroxylation sites is 1. The largest absolute Gasteiger partial charge is 0.454 e. The zero-order valence-corrected chi connectivity index (χ0v) is 10.3. The third-order valence-electron chi connectivity index (χ3n) is 2.71. The van der Waals surface area contributed by atoms with E-state index in [0.29, 0.717) is 11.7 Å². The van der Waals surface area contributed by atoms with E-state index in [2.05, 4.69) is 10.3 Å². The smallest absolute Gasteiger partial charge is 0.231 e. The summed E-state index contributed by atoms with van der Waals surface area (Å²) in [5.74, 6) is 1.58. The van der Waals surface area contributed by atoms with Crippen molar-refractivity contribution in [1.82, 2.24) is 4.98 Å². The predicted octanol–water partition coefficient (Wildman–Crippen LogP) is 3.08. The highest BCUT2D eigenvalue weighted by Crippen LogP contribution is 2.35. The summed E-state index contributed by atoms with van der Waals surface area (Å²) in [6.07, 6.45) is 1.66. The van der Waals surface area contributed by atoms with E-state index in [1.807, 2.05) is 30.3 Å². The molecular formula is C13H11ClN2O2. The van der Waals surface area contributed by atoms with Gasteiger partial charge in [0.1, 0.15) is 0 Å². The molecular weight excluding hydrogens is 252 g/mol. The summed E-state index contributed by atoms with van der Waals surface area (Å²) in [5, 5.41) is 3.69. The SMILES string of the molecule is Clc1ncccc1NCc1cccc2c1OCO2. The van der Waals surface area contributed by atoms with Crippen molar-refractivity contribution in [2.75, 3.05) is 12.1 Å². The molecule has 0 radical (unpaired) electrons. The van der Waals surface area contributed by atoms with Crippen LogP contribution < -0.4 is 14.8 Å². The normalized spacial score (nSPS) is 12.5. The van der Waals surface area contributed by atoms with Crippen LogP contribution in [0.5, 0.6) is 11.5 Å². The van der Waals surface area contributed by atoms with Gasteiger partial charge >= 0.3 is 0 Å². The summed E-state index contributed by atoms with van der Waals surface area (Å²) < 4.78 is 10.8. The topological polar surface area (TPSA) is 43.4 Å². The number of fused-ring (bicyclic) bond motifs is 1. The zero-order valence-electron chi connectivity index (χ0n) is 9.52. The fourth-order valence-corrected chi connectivity index (χ4v) is 2.02. The van der Waals surface area contributed by atoms with Crippen LogP contribution in [0.1, 0.15) is 5.56 Å². The molecule has 0 spiro atoms. The highest BCUT2D eigenvalue weighted by molar-refractivity contribution is 6.31. The molecule has 0 amide bonds. The van der Waals surface area contributed by atoms with E-state index in [-0.39, 0.29) is 6.79 Å². The lowest BCUT2D eigenvalue weighted by atomic mass is 10.2. The summed E-state index contributed by atoms with van der Waals surface area (Å²) in [7, 11) is 0. The Kier molecular flexibility index (Phi) is 2.94. The first-order valence-corrected chi connectivity index (χ1v) is 5.94. The Balaban J connectivity index is 1.78. The fourth-order valence-electron chi connectivity index (χ4n) is 1.84. The Labute approximate surface area is 110 Å². The van der Waals surface area contributed by atoms with E-state index < -0.39 is 0 Å². The van der Waals surface area contributed by atoms with Gasteiger partial charge in [-0.2, -0.15) is 0 Å². The molecule has 0 fully saturated rings. The molecule has 1 aromatic carbocycles. The van der Waals surface area contributed by atoms with E-state index >= 15 is 0 Å². The molecule has 4 nitrogen and oxygen atoms in total. The van der Waals surface area contributed by atoms with Crippen molar-refractivity contribution in [1.29, 1.82) is 0 Å². The van der Waals surface area contributed by atoms with Crippen LogP contribution in [0.2, 0.25) is 5.15 Å². The molecule has 3 rings (SSSR count). The highest BCUT2D eigenvalue weighted by atomic mass is 35.5. The summed E-state index contributed by atoms with van der Waals surface area (Å²) in [4.78, 5) is 4.01. The van der Waals surface area contributed by atoms with Crippen molar-refractivity contribution in [2.24, 2.45) is 0 Å². The zero-order chi connectivity index (χ0) is 12.4. The van der Waals surface area contributed by atoms with Gasteiger partial charge in [-0.25, -0.2) is 4.98 Å². The number of rotatable bonds is 3. The first-order chi connectivity index (χ1) is 8.84. The molecule has 1 aliphatic heterocycles. The molecule has 2 aromatic rings. The third-order valence-corrected chi connectivity index (χ3v) is 3.01. The molecule has 1 N–H and O–H groups in total. The average Bonchev–Trinajstić information content (AvgIpc) is 2.86. The number of benzene rings is 1. The van der Waals surface area contributed by atoms with Gasteiger partial charge in [0.25, 0.3) is 0 Å². The Bertz CT molecular complexity index is 575. The van der Waals surface area contributed by atoms with Crippen LogP contribution in [-0.2, 0) is 6.54 Å². The van der Waals surface area contributed by atoms with E-state index in [9.17, 15) is 0 Å². The van der Waals surface area contributed by atoms with Crippen molar-refractivity contribution in [3.63, 3.8) is 0 Å². The van der Waals surface area contributed by atoms with Crippen LogP contribution in [0.4, 0.5) is 5.69 Å². The lowest BCUT2D eigenvalue weighted by Gasteiger charge is -2.09. The van der Waals surface area contributed by atoms with Gasteiger partial charge in [-0.15, -0.1) is 0 Å². The van der Waals surface area contributed by atoms with Gasteiger partial charge in [0.15, 0.2) is 16.7 Å². The number of aromatic nitrogens is 1. The average molecular weight is 263 g/mol. The van der Waals surface area contributed by atoms with Crippen molar-refractivity contribution >= 4 is 17.3 Å². The summed E-state index contributed by atoms with van der Waals surface area (Å²) in [5.41, 5.74) is 1.83. The van der Waals surface area contributed by atoms with Gasteiger partial charge in [0, 0.05) is 18.3 Å². The molecule has 0 atom stereocenters. The van der Waals surface area contributed by atoms with Crippen molar-refractivity contribution in [2.45, 2.75) is 6.54 Å². The minimum absolute atomic E-state index is 0.278. The molecule has 0 saturated carbocycles. The second-order valence-corrected chi connectivity index (χ2v) is 4.20. The summed E-state index contributed by atoms with van der Waals surface area (Å²) in [6, 6.07) is 9.54. The van der Waals surface area contributed by atoms with Crippen molar-refractivity contribution in [3.8, 4) is 11.5 Å². The van der Waals surface area contributed by atoms with Crippen LogP contribution in [0.15, 0.2) is 36.5 Å². The van der Waals surface area contributed by atoms with Gasteiger partial charge < -0.3 is 14.8 Å².